The molecule has 4 heterocycles. The summed E-state index contributed by atoms with van der Waals surface area (Å²) < 4.78 is 0. The summed E-state index contributed by atoms with van der Waals surface area (Å²) in [5.74, 6) is 3.02. The topological polar surface area (TPSA) is 104 Å². The number of nitriles is 2. The number of hydrogen-bond donors (Lipinski definition) is 0. The van der Waals surface area contributed by atoms with E-state index in [0.717, 1.165) is 63.6 Å². The molecule has 0 bridgehead atoms. The summed E-state index contributed by atoms with van der Waals surface area (Å²) in [7, 11) is 0. The molecular weight excluding hydrogens is 615 g/mol. The number of rotatable bonds is 8. The van der Waals surface area contributed by atoms with Gasteiger partial charge < -0.3 is 46.5 Å². The van der Waals surface area contributed by atoms with Gasteiger partial charge in [0.2, 0.25) is 0 Å². The fourth-order valence-electron chi connectivity index (χ4n) is 5.42. The summed E-state index contributed by atoms with van der Waals surface area (Å²) in [4.78, 5) is 0. The second kappa shape index (κ2) is 39.1. The molecule has 0 aromatic carbocycles. The van der Waals surface area contributed by atoms with Gasteiger partial charge >= 0.3 is 0 Å². The molecule has 4 rings (SSSR count). The van der Waals surface area contributed by atoms with Crippen molar-refractivity contribution in [3.63, 3.8) is 0 Å². The molecule has 0 saturated carbocycles. The zero-order valence-corrected chi connectivity index (χ0v) is 30.3. The first-order chi connectivity index (χ1) is 20.6. The molecule has 9 heteroatoms. The Kier molecular flexibility index (Phi) is 42.3. The van der Waals surface area contributed by atoms with Crippen molar-refractivity contribution >= 4 is 25.3 Å². The summed E-state index contributed by atoms with van der Waals surface area (Å²) in [6, 6.07) is 0. The Balaban J connectivity index is -0.000000464. The minimum absolute atomic E-state index is 0. The Morgan fingerprint density at radius 3 is 1.21 bits per heavy atom. The maximum absolute atomic E-state index is 7.13. The van der Waals surface area contributed by atoms with Gasteiger partial charge in [-0.2, -0.15) is 6.20 Å². The summed E-state index contributed by atoms with van der Waals surface area (Å²) in [6.07, 6.45) is 25.1. The van der Waals surface area contributed by atoms with Crippen LogP contribution in [0.5, 0.6) is 0 Å². The third kappa shape index (κ3) is 33.8. The van der Waals surface area contributed by atoms with E-state index in [0.29, 0.717) is 0 Å². The van der Waals surface area contributed by atoms with Crippen LogP contribution in [0.15, 0.2) is 23.9 Å². The molecule has 1 radical (unpaired) electrons. The van der Waals surface area contributed by atoms with E-state index in [2.05, 4.69) is 86.4 Å². The van der Waals surface area contributed by atoms with Gasteiger partial charge in [-0.15, -0.1) is 45.8 Å². The average molecular weight is 676 g/mol. The van der Waals surface area contributed by atoms with Crippen molar-refractivity contribution < 1.29 is 16.8 Å². The van der Waals surface area contributed by atoms with Crippen LogP contribution in [-0.2, 0) is 42.0 Å². The van der Waals surface area contributed by atoms with Crippen molar-refractivity contribution in [2.75, 3.05) is 45.8 Å². The van der Waals surface area contributed by atoms with Crippen molar-refractivity contribution in [2.45, 2.75) is 118 Å². The van der Waals surface area contributed by atoms with E-state index in [4.69, 9.17) is 10.5 Å². The molecule has 3 saturated heterocycles. The zero-order valence-electron chi connectivity index (χ0n) is 27.6. The minimum Gasteiger partial charge on any atom is -0.696 e. The van der Waals surface area contributed by atoms with Crippen molar-refractivity contribution in [3.05, 3.63) is 45.2 Å². The molecule has 6 nitrogen and oxygen atoms in total. The van der Waals surface area contributed by atoms with Crippen LogP contribution in [0, 0.1) is 39.1 Å². The minimum atomic E-state index is 0. The number of piperidine rings is 3. The summed E-state index contributed by atoms with van der Waals surface area (Å²) in [5, 5.41) is 33.9. The van der Waals surface area contributed by atoms with Crippen molar-refractivity contribution in [1.29, 1.82) is 10.5 Å². The van der Waals surface area contributed by atoms with Gasteiger partial charge in [0.1, 0.15) is 0 Å². The molecule has 0 unspecified atom stereocenters. The first-order valence-electron chi connectivity index (χ1n) is 16.5. The Bertz CT molecular complexity index is 622. The molecule has 0 amide bonds. The molecule has 43 heavy (non-hydrogen) atoms. The largest absolute Gasteiger partial charge is 0.696 e. The number of hydrogen-bond acceptors (Lipinski definition) is 4. The molecule has 0 N–H and O–H groups in total. The second-order valence-electron chi connectivity index (χ2n) is 11.1. The fraction of sp³-hybridized carbons (Fsp3) is 0.824. The summed E-state index contributed by atoms with van der Waals surface area (Å²) in [5.41, 5.74) is 1.44. The van der Waals surface area contributed by atoms with Crippen LogP contribution in [0.1, 0.15) is 118 Å². The summed E-state index contributed by atoms with van der Waals surface area (Å²) >= 11 is 7.40. The number of thiocyanates is 2. The van der Waals surface area contributed by atoms with Crippen LogP contribution < -0.4 is 0 Å². The Hall–Kier alpha value is -0.914. The van der Waals surface area contributed by atoms with Gasteiger partial charge in [-0.25, -0.2) is 10.5 Å². The normalized spacial score (nSPS) is 17.9. The van der Waals surface area contributed by atoms with E-state index in [-0.39, 0.29) is 16.8 Å². The molecule has 4 aliphatic rings. The molecule has 0 aromatic heterocycles. The zero-order chi connectivity index (χ0) is 31.5. The van der Waals surface area contributed by atoms with Crippen LogP contribution >= 0.6 is 0 Å². The predicted molar refractivity (Wildman–Crippen MR) is 188 cm³/mol. The third-order valence-corrected chi connectivity index (χ3v) is 7.66. The SMILES string of the molecule is CCCC1=CC[N-]C=C1.CCCC1CC[N-]CC1.CCCC1CC[N-]CC1.CCCC1CC[N-]CC1.N#C[S-].N#C[S-].[Co]. The first kappa shape index (κ1) is 46.5. The van der Waals surface area contributed by atoms with Gasteiger partial charge in [-0.05, 0) is 24.2 Å². The molecule has 0 spiro atoms. The van der Waals surface area contributed by atoms with Gasteiger partial charge in [0.25, 0.3) is 0 Å². The van der Waals surface area contributed by atoms with Gasteiger partial charge in [0.05, 0.1) is 0 Å². The van der Waals surface area contributed by atoms with Crippen molar-refractivity contribution in [1.82, 2.24) is 0 Å². The van der Waals surface area contributed by atoms with Gasteiger partial charge in [-0.1, -0.05) is 140 Å². The van der Waals surface area contributed by atoms with Crippen LogP contribution in [0.3, 0.4) is 0 Å². The van der Waals surface area contributed by atoms with Gasteiger partial charge in [0, 0.05) is 16.8 Å². The van der Waals surface area contributed by atoms with E-state index in [1.165, 1.54) is 106 Å². The maximum atomic E-state index is 7.13. The predicted octanol–water partition coefficient (Wildman–Crippen LogP) is 10.4. The molecule has 0 aromatic rings. The van der Waals surface area contributed by atoms with E-state index in [1.807, 2.05) is 6.20 Å². The second-order valence-corrected chi connectivity index (χ2v) is 11.5. The summed E-state index contributed by atoms with van der Waals surface area (Å²) in [6.45, 7) is 16.7. The average Bonchev–Trinajstić information content (AvgIpc) is 3.02. The Morgan fingerprint density at radius 1 is 0.651 bits per heavy atom. The molecule has 0 atom stereocenters. The maximum Gasteiger partial charge on any atom is 0 e. The quantitative estimate of drug-likeness (QED) is 0.189. The van der Waals surface area contributed by atoms with E-state index in [9.17, 15) is 0 Å². The number of allylic oxidation sites excluding steroid dienone is 2. The van der Waals surface area contributed by atoms with Gasteiger partial charge in [0.15, 0.2) is 0 Å². The van der Waals surface area contributed by atoms with Gasteiger partial charge in [-0.3, -0.25) is 0 Å². The molecule has 253 valence electrons. The molecule has 3 fully saturated rings. The van der Waals surface area contributed by atoms with Crippen molar-refractivity contribution in [3.8, 4) is 10.8 Å². The monoisotopic (exact) mass is 675 g/mol. The van der Waals surface area contributed by atoms with E-state index in [1.54, 1.807) is 0 Å². The van der Waals surface area contributed by atoms with E-state index >= 15 is 0 Å². The first-order valence-corrected chi connectivity index (χ1v) is 17.3. The standard InChI is InChI=1S/3C8H16N.C8H12N.2CHNS.Co/c4*1-2-3-8-4-6-9-7-5-8;2*2-1-3;/h3*8H,2-7H2,1H3;4-6H,2-3,7H2,1H3;2*3H;/q4*-1;;;/p-2. The molecule has 4 aliphatic heterocycles. The van der Waals surface area contributed by atoms with Crippen LogP contribution in [0.2, 0.25) is 0 Å². The van der Waals surface area contributed by atoms with Crippen LogP contribution in [0.25, 0.3) is 21.3 Å². The Labute approximate surface area is 288 Å². The Morgan fingerprint density at radius 2 is 0.977 bits per heavy atom. The van der Waals surface area contributed by atoms with E-state index < -0.39 is 0 Å². The number of nitrogens with zero attached hydrogens (tertiary/aromatic N) is 6. The van der Waals surface area contributed by atoms with Crippen molar-refractivity contribution in [2.24, 2.45) is 17.8 Å². The molecule has 0 aliphatic carbocycles. The van der Waals surface area contributed by atoms with Crippen LogP contribution in [0.4, 0.5) is 0 Å². The van der Waals surface area contributed by atoms with Crippen LogP contribution in [-0.4, -0.2) is 45.8 Å². The smallest absolute Gasteiger partial charge is 0 e. The fourth-order valence-corrected chi connectivity index (χ4v) is 5.42. The molecular formula is C34H60CoN6S2-6. The third-order valence-electron chi connectivity index (χ3n) is 7.66.